The van der Waals surface area contributed by atoms with E-state index in [0.29, 0.717) is 6.42 Å². The molecule has 0 fully saturated rings. The van der Waals surface area contributed by atoms with E-state index in [1.54, 1.807) is 0 Å². The van der Waals surface area contributed by atoms with Crippen LogP contribution in [-0.4, -0.2) is 24.2 Å². The molecule has 0 unspecified atom stereocenters. The number of carbonyl (C=O) groups is 1. The number of hydrogen-bond donors (Lipinski definition) is 0. The summed E-state index contributed by atoms with van der Waals surface area (Å²) in [5, 5.41) is 0. The van der Waals surface area contributed by atoms with Crippen molar-refractivity contribution in [1.82, 2.24) is 0 Å². The molecular weight excluding hydrogens is 315 g/mol. The third kappa shape index (κ3) is 4.30. The van der Waals surface area contributed by atoms with Gasteiger partial charge in [0.05, 0.1) is 0 Å². The molecule has 0 heterocycles. The zero-order valence-corrected chi connectivity index (χ0v) is 14.4. The minimum absolute atomic E-state index is 0.258. The van der Waals surface area contributed by atoms with Crippen LogP contribution in [0.15, 0.2) is 39.5 Å². The van der Waals surface area contributed by atoms with E-state index >= 15 is 0 Å². The summed E-state index contributed by atoms with van der Waals surface area (Å²) in [5.41, 5.74) is 2.18. The van der Waals surface area contributed by atoms with Gasteiger partial charge in [0.2, 0.25) is 0 Å². The third-order valence-electron chi connectivity index (χ3n) is 2.94. The van der Waals surface area contributed by atoms with Gasteiger partial charge in [-0.05, 0) is 0 Å². The van der Waals surface area contributed by atoms with Gasteiger partial charge in [-0.15, -0.1) is 0 Å². The first kappa shape index (κ1) is 14.5. The van der Waals surface area contributed by atoms with Gasteiger partial charge in [0, 0.05) is 0 Å². The SMILES string of the molecule is CC(C)=[C](CC(=O)c1ccccc1)[Sn]([CH3])([CH3])[CH3]. The van der Waals surface area contributed by atoms with Crippen LogP contribution in [-0.2, 0) is 0 Å². The molecule has 0 aliphatic heterocycles. The predicted octanol–water partition coefficient (Wildman–Crippen LogP) is 4.47. The second-order valence-electron chi connectivity index (χ2n) is 5.69. The Morgan fingerprint density at radius 3 is 2.00 bits per heavy atom. The number of allylic oxidation sites excluding steroid dienone is 2. The quantitative estimate of drug-likeness (QED) is 0.585. The van der Waals surface area contributed by atoms with Gasteiger partial charge >= 0.3 is 109 Å². The van der Waals surface area contributed by atoms with Crippen LogP contribution < -0.4 is 0 Å². The topological polar surface area (TPSA) is 17.1 Å². The van der Waals surface area contributed by atoms with Crippen LogP contribution in [0.3, 0.4) is 0 Å². The van der Waals surface area contributed by atoms with Crippen molar-refractivity contribution in [3.63, 3.8) is 0 Å². The summed E-state index contributed by atoms with van der Waals surface area (Å²) in [5.74, 6) is 0.258. The molecule has 0 N–H and O–H groups in total. The van der Waals surface area contributed by atoms with Gasteiger partial charge in [-0.1, -0.05) is 0 Å². The molecule has 0 atom stereocenters. The molecule has 0 amide bonds. The molecule has 1 rings (SSSR count). The molecule has 0 bridgehead atoms. The molecule has 2 heteroatoms. The number of hydrogen-bond acceptors (Lipinski definition) is 1. The van der Waals surface area contributed by atoms with Crippen molar-refractivity contribution in [1.29, 1.82) is 0 Å². The van der Waals surface area contributed by atoms with Crippen molar-refractivity contribution in [2.24, 2.45) is 0 Å². The van der Waals surface area contributed by atoms with E-state index in [-0.39, 0.29) is 5.78 Å². The van der Waals surface area contributed by atoms with E-state index in [4.69, 9.17) is 0 Å². The molecule has 17 heavy (non-hydrogen) atoms. The van der Waals surface area contributed by atoms with Crippen molar-refractivity contribution >= 4 is 24.2 Å². The standard InChI is InChI=1S/C12H13O.3CH3.Sn/c1-10(2)8-9-12(13)11-6-4-3-5-7-11;;;;/h3-7H,9H2,1-2H3;3*1H3;. The van der Waals surface area contributed by atoms with E-state index in [0.717, 1.165) is 5.56 Å². The summed E-state index contributed by atoms with van der Waals surface area (Å²) < 4.78 is 1.45. The summed E-state index contributed by atoms with van der Waals surface area (Å²) in [6.45, 7) is 4.27. The summed E-state index contributed by atoms with van der Waals surface area (Å²) in [6, 6.07) is 9.61. The predicted molar refractivity (Wildman–Crippen MR) is 77.1 cm³/mol. The Hall–Kier alpha value is -0.571. The first-order valence-electron chi connectivity index (χ1n) is 6.07. The van der Waals surface area contributed by atoms with Crippen molar-refractivity contribution in [3.8, 4) is 0 Å². The zero-order chi connectivity index (χ0) is 13.1. The van der Waals surface area contributed by atoms with Crippen molar-refractivity contribution in [2.75, 3.05) is 0 Å². The van der Waals surface area contributed by atoms with Gasteiger partial charge < -0.3 is 0 Å². The Bertz CT molecular complexity index is 420. The minimum atomic E-state index is -2.13. The fraction of sp³-hybridized carbons (Fsp3) is 0.400. The molecule has 0 radical (unpaired) electrons. The Balaban J connectivity index is 2.92. The first-order chi connectivity index (χ1) is 7.82. The average Bonchev–Trinajstić information content (AvgIpc) is 2.24. The van der Waals surface area contributed by atoms with Crippen molar-refractivity contribution in [3.05, 3.63) is 45.1 Å². The molecule has 0 saturated carbocycles. The fourth-order valence-electron chi connectivity index (χ4n) is 2.08. The van der Waals surface area contributed by atoms with E-state index in [1.807, 2.05) is 30.3 Å². The number of Topliss-reactive ketones (excluding diaryl/α,β-unsaturated/α-hetero) is 1. The Morgan fingerprint density at radius 2 is 1.59 bits per heavy atom. The van der Waals surface area contributed by atoms with Crippen LogP contribution in [0.5, 0.6) is 0 Å². The van der Waals surface area contributed by atoms with Crippen LogP contribution in [0.4, 0.5) is 0 Å². The number of benzene rings is 1. The van der Waals surface area contributed by atoms with Gasteiger partial charge in [-0.3, -0.25) is 0 Å². The van der Waals surface area contributed by atoms with Gasteiger partial charge in [-0.2, -0.15) is 0 Å². The van der Waals surface area contributed by atoms with Gasteiger partial charge in [-0.25, -0.2) is 0 Å². The zero-order valence-electron chi connectivity index (χ0n) is 11.5. The fourth-order valence-corrected chi connectivity index (χ4v) is 8.33. The second-order valence-corrected chi connectivity index (χ2v) is 20.3. The average molecular weight is 337 g/mol. The van der Waals surface area contributed by atoms with Crippen molar-refractivity contribution in [2.45, 2.75) is 35.1 Å². The molecule has 1 aromatic carbocycles. The number of rotatable bonds is 4. The third-order valence-corrected chi connectivity index (χ3v) is 10.0. The summed E-state index contributed by atoms with van der Waals surface area (Å²) in [7, 11) is 0. The van der Waals surface area contributed by atoms with Gasteiger partial charge in [0.1, 0.15) is 0 Å². The van der Waals surface area contributed by atoms with Crippen LogP contribution >= 0.6 is 0 Å². The maximum atomic E-state index is 12.2. The molecule has 1 aromatic rings. The van der Waals surface area contributed by atoms with E-state index in [2.05, 4.69) is 28.7 Å². The van der Waals surface area contributed by atoms with Crippen molar-refractivity contribution < 1.29 is 4.79 Å². The summed E-state index contributed by atoms with van der Waals surface area (Å²) in [6.07, 6.45) is 0.617. The molecule has 1 nitrogen and oxygen atoms in total. The number of carbonyl (C=O) groups excluding carboxylic acids is 1. The van der Waals surface area contributed by atoms with Crippen LogP contribution in [0.2, 0.25) is 14.8 Å². The van der Waals surface area contributed by atoms with Gasteiger partial charge in [0.25, 0.3) is 0 Å². The molecule has 92 valence electrons. The summed E-state index contributed by atoms with van der Waals surface area (Å²) >= 11 is -2.13. The van der Waals surface area contributed by atoms with E-state index in [9.17, 15) is 4.79 Å². The second kappa shape index (κ2) is 5.85. The Labute approximate surface area is 109 Å². The summed E-state index contributed by atoms with van der Waals surface area (Å²) in [4.78, 5) is 19.3. The molecule has 0 aliphatic rings. The molecule has 0 aliphatic carbocycles. The Morgan fingerprint density at radius 1 is 1.06 bits per heavy atom. The maximum absolute atomic E-state index is 12.2. The Kier molecular flexibility index (Phi) is 4.99. The monoisotopic (exact) mass is 338 g/mol. The molecule has 0 spiro atoms. The van der Waals surface area contributed by atoms with Gasteiger partial charge in [0.15, 0.2) is 0 Å². The molecule has 0 aromatic heterocycles. The number of ketones is 1. The molecule has 0 saturated heterocycles. The molecular formula is C15H22OSn. The first-order valence-corrected chi connectivity index (χ1v) is 16.1. The van der Waals surface area contributed by atoms with E-state index in [1.165, 1.54) is 9.16 Å². The van der Waals surface area contributed by atoms with Crippen LogP contribution in [0.25, 0.3) is 0 Å². The van der Waals surface area contributed by atoms with Crippen LogP contribution in [0.1, 0.15) is 30.6 Å². The normalized spacial score (nSPS) is 11.1. The van der Waals surface area contributed by atoms with Crippen LogP contribution in [0, 0.1) is 0 Å². The van der Waals surface area contributed by atoms with E-state index < -0.39 is 18.4 Å².